The molecule has 0 aromatic heterocycles. The van der Waals surface area contributed by atoms with E-state index in [1.165, 1.54) is 0 Å². The predicted molar refractivity (Wildman–Crippen MR) is 143 cm³/mol. The highest BCUT2D eigenvalue weighted by molar-refractivity contribution is 7.91. The highest BCUT2D eigenvalue weighted by Crippen LogP contribution is 2.33. The van der Waals surface area contributed by atoms with Crippen molar-refractivity contribution < 1.29 is 27.8 Å². The number of hydrogen-bond acceptors (Lipinski definition) is 7. The largest absolute Gasteiger partial charge is 0.494 e. The highest BCUT2D eigenvalue weighted by Gasteiger charge is 2.48. The van der Waals surface area contributed by atoms with Crippen LogP contribution < -0.4 is 4.74 Å². The Morgan fingerprint density at radius 3 is 2.42 bits per heavy atom. The van der Waals surface area contributed by atoms with E-state index in [1.807, 2.05) is 36.4 Å². The molecule has 38 heavy (non-hydrogen) atoms. The number of ether oxygens (including phenoxy) is 2. The van der Waals surface area contributed by atoms with Gasteiger partial charge >= 0.3 is 0 Å². The Morgan fingerprint density at radius 1 is 0.974 bits per heavy atom. The maximum Gasteiger partial charge on any atom is 0.254 e. The first-order valence-corrected chi connectivity index (χ1v) is 14.3. The molecular formula is C29H30N2O6S. The minimum absolute atomic E-state index is 0.0525. The van der Waals surface area contributed by atoms with Crippen LogP contribution in [0.5, 0.6) is 5.75 Å². The normalized spacial score (nSPS) is 19.0. The number of aliphatic imine (C=N–C) groups is 1. The number of benzene rings is 3. The van der Waals surface area contributed by atoms with Gasteiger partial charge in [-0.25, -0.2) is 13.4 Å². The molecule has 9 heteroatoms. The molecule has 3 aromatic rings. The number of hydrogen-bond donors (Lipinski definition) is 1. The third kappa shape index (κ3) is 5.44. The van der Waals surface area contributed by atoms with Crippen LogP contribution >= 0.6 is 0 Å². The van der Waals surface area contributed by atoms with Crippen molar-refractivity contribution in [3.8, 4) is 5.75 Å². The number of sulfone groups is 1. The van der Waals surface area contributed by atoms with Crippen LogP contribution in [0.1, 0.15) is 23.1 Å². The van der Waals surface area contributed by atoms with Crippen molar-refractivity contribution in [2.45, 2.75) is 29.8 Å². The van der Waals surface area contributed by atoms with Crippen molar-refractivity contribution >= 4 is 21.6 Å². The van der Waals surface area contributed by atoms with Gasteiger partial charge < -0.3 is 19.5 Å². The second-order valence-electron chi connectivity index (χ2n) is 9.49. The van der Waals surface area contributed by atoms with Crippen molar-refractivity contribution in [1.82, 2.24) is 4.90 Å². The van der Waals surface area contributed by atoms with Gasteiger partial charge in [-0.05, 0) is 47.5 Å². The maximum absolute atomic E-state index is 14.0. The summed E-state index contributed by atoms with van der Waals surface area (Å²) in [7, 11) is -3.56. The Bertz CT molecular complexity index is 1420. The van der Waals surface area contributed by atoms with E-state index < -0.39 is 15.4 Å². The molecule has 0 saturated heterocycles. The van der Waals surface area contributed by atoms with Crippen LogP contribution in [0.3, 0.4) is 0 Å². The number of carbonyl (C=O) groups excluding carboxylic acids is 1. The highest BCUT2D eigenvalue weighted by atomic mass is 32.2. The molecule has 2 heterocycles. The van der Waals surface area contributed by atoms with Gasteiger partial charge in [0, 0.05) is 38.1 Å². The Morgan fingerprint density at radius 2 is 1.68 bits per heavy atom. The van der Waals surface area contributed by atoms with Gasteiger partial charge in [0.05, 0.1) is 17.3 Å². The quantitative estimate of drug-likeness (QED) is 0.423. The van der Waals surface area contributed by atoms with Gasteiger partial charge in [0.15, 0.2) is 15.4 Å². The number of amides is 1. The lowest BCUT2D eigenvalue weighted by molar-refractivity contribution is -0.137. The molecule has 2 aliphatic heterocycles. The molecule has 3 aromatic carbocycles. The summed E-state index contributed by atoms with van der Waals surface area (Å²) in [5.41, 5.74) is 1.52. The van der Waals surface area contributed by atoms with Crippen molar-refractivity contribution in [1.29, 1.82) is 0 Å². The molecule has 198 valence electrons. The number of nitrogens with zero attached hydrogens (tertiary/aromatic N) is 2. The Hall–Kier alpha value is -3.69. The van der Waals surface area contributed by atoms with Crippen molar-refractivity contribution in [2.75, 3.05) is 32.1 Å². The van der Waals surface area contributed by atoms with Crippen molar-refractivity contribution in [3.05, 3.63) is 95.6 Å². The van der Waals surface area contributed by atoms with Crippen LogP contribution in [-0.2, 0) is 32.3 Å². The zero-order chi connectivity index (χ0) is 26.6. The van der Waals surface area contributed by atoms with E-state index in [-0.39, 0.29) is 36.3 Å². The SMILES string of the molecule is O=C1N(CCS(=O)(=O)c2ccccc2)Cc2ccccc2C[C@]12COC(c1ccc(OCCCO)cc1)=N2. The van der Waals surface area contributed by atoms with E-state index in [9.17, 15) is 13.2 Å². The smallest absolute Gasteiger partial charge is 0.254 e. The molecule has 0 radical (unpaired) electrons. The third-order valence-electron chi connectivity index (χ3n) is 6.82. The molecule has 0 aliphatic carbocycles. The summed E-state index contributed by atoms with van der Waals surface area (Å²) in [5.74, 6) is 0.615. The second kappa shape index (κ2) is 11.0. The average Bonchev–Trinajstić information content (AvgIpc) is 3.33. The molecule has 8 nitrogen and oxygen atoms in total. The van der Waals surface area contributed by atoms with Crippen LogP contribution in [0.15, 0.2) is 88.8 Å². The van der Waals surface area contributed by atoms with Gasteiger partial charge in [0.1, 0.15) is 12.4 Å². The summed E-state index contributed by atoms with van der Waals surface area (Å²) in [5, 5.41) is 8.93. The summed E-state index contributed by atoms with van der Waals surface area (Å²) in [6.07, 6.45) is 0.919. The zero-order valence-electron chi connectivity index (χ0n) is 21.0. The van der Waals surface area contributed by atoms with Gasteiger partial charge in [0.2, 0.25) is 5.90 Å². The molecule has 5 rings (SSSR count). The van der Waals surface area contributed by atoms with Crippen LogP contribution in [0.2, 0.25) is 0 Å². The first-order valence-electron chi connectivity index (χ1n) is 12.6. The summed E-state index contributed by atoms with van der Waals surface area (Å²) < 4.78 is 37.5. The summed E-state index contributed by atoms with van der Waals surface area (Å²) in [6, 6.07) is 23.3. The van der Waals surface area contributed by atoms with Gasteiger partial charge in [-0.1, -0.05) is 42.5 Å². The number of aliphatic hydroxyl groups excluding tert-OH is 1. The molecule has 1 spiro atoms. The molecular weight excluding hydrogens is 504 g/mol. The number of fused-ring (bicyclic) bond motifs is 1. The van der Waals surface area contributed by atoms with E-state index >= 15 is 0 Å². The fraction of sp³-hybridized carbons (Fsp3) is 0.310. The van der Waals surface area contributed by atoms with Gasteiger partial charge in [0.25, 0.3) is 5.91 Å². The van der Waals surface area contributed by atoms with Crippen molar-refractivity contribution in [3.63, 3.8) is 0 Å². The molecule has 1 N–H and O–H groups in total. The van der Waals surface area contributed by atoms with E-state index in [4.69, 9.17) is 19.6 Å². The van der Waals surface area contributed by atoms with E-state index in [0.717, 1.165) is 16.7 Å². The fourth-order valence-electron chi connectivity index (χ4n) is 4.75. The van der Waals surface area contributed by atoms with E-state index in [0.29, 0.717) is 37.6 Å². The van der Waals surface area contributed by atoms with E-state index in [1.54, 1.807) is 47.4 Å². The molecule has 2 aliphatic rings. The van der Waals surface area contributed by atoms with Crippen LogP contribution in [-0.4, -0.2) is 67.9 Å². The lowest BCUT2D eigenvalue weighted by Gasteiger charge is -2.28. The van der Waals surface area contributed by atoms with E-state index in [2.05, 4.69) is 0 Å². The predicted octanol–water partition coefficient (Wildman–Crippen LogP) is 3.02. The van der Waals surface area contributed by atoms with Gasteiger partial charge in [-0.15, -0.1) is 0 Å². The lowest BCUT2D eigenvalue weighted by atomic mass is 9.91. The third-order valence-corrected chi connectivity index (χ3v) is 8.53. The standard InChI is InChI=1S/C29H30N2O6S/c32-16-6-17-36-25-13-11-22(12-14-25)27-30-29(21-37-27)19-23-7-4-5-8-24(23)20-31(28(29)33)15-18-38(34,35)26-9-2-1-3-10-26/h1-5,7-14,32H,6,15-21H2/t29-/m0/s1. The minimum atomic E-state index is -3.56. The number of aliphatic hydroxyl groups is 1. The van der Waals surface area contributed by atoms with Crippen molar-refractivity contribution in [2.24, 2.45) is 4.99 Å². The maximum atomic E-state index is 14.0. The number of carbonyl (C=O) groups is 1. The van der Waals surface area contributed by atoms with Gasteiger partial charge in [-0.2, -0.15) is 0 Å². The molecule has 0 unspecified atom stereocenters. The number of rotatable bonds is 9. The summed E-state index contributed by atoms with van der Waals surface area (Å²) >= 11 is 0. The molecule has 0 fully saturated rings. The Kier molecular flexibility index (Phi) is 7.49. The first-order chi connectivity index (χ1) is 18.4. The van der Waals surface area contributed by atoms with Crippen LogP contribution in [0.25, 0.3) is 0 Å². The molecule has 1 amide bonds. The fourth-order valence-corrected chi connectivity index (χ4v) is 6.01. The summed E-state index contributed by atoms with van der Waals surface area (Å²) in [6.45, 7) is 0.923. The lowest BCUT2D eigenvalue weighted by Crippen LogP contribution is -2.49. The van der Waals surface area contributed by atoms with Crippen LogP contribution in [0.4, 0.5) is 0 Å². The molecule has 0 bridgehead atoms. The second-order valence-corrected chi connectivity index (χ2v) is 11.6. The summed E-state index contributed by atoms with van der Waals surface area (Å²) in [4.78, 5) is 20.6. The average molecular weight is 535 g/mol. The topological polar surface area (TPSA) is 106 Å². The first kappa shape index (κ1) is 25.9. The molecule has 1 atom stereocenters. The molecule has 0 saturated carbocycles. The Balaban J connectivity index is 1.40. The monoisotopic (exact) mass is 534 g/mol. The van der Waals surface area contributed by atoms with Crippen LogP contribution in [0, 0.1) is 0 Å². The Labute approximate surface area is 222 Å². The van der Waals surface area contributed by atoms with Gasteiger partial charge in [-0.3, -0.25) is 4.79 Å². The minimum Gasteiger partial charge on any atom is -0.494 e. The zero-order valence-corrected chi connectivity index (χ0v) is 21.8.